The molecule has 0 aromatic rings. The van der Waals surface area contributed by atoms with E-state index < -0.39 is 0 Å². The second kappa shape index (κ2) is 122. The van der Waals surface area contributed by atoms with Crippen molar-refractivity contribution in [2.45, 2.75) is 0 Å². The summed E-state index contributed by atoms with van der Waals surface area (Å²) in [6.45, 7) is 0. The summed E-state index contributed by atoms with van der Waals surface area (Å²) in [5.74, 6) is 0. The quantitative estimate of drug-likeness (QED) is 0.406. The van der Waals surface area contributed by atoms with Crippen molar-refractivity contribution in [2.75, 3.05) is 0 Å². The van der Waals surface area contributed by atoms with E-state index in [0.29, 0.717) is 0 Å². The Balaban J connectivity index is 0. The maximum atomic E-state index is 0. The van der Waals surface area contributed by atoms with Gasteiger partial charge in [-0.2, -0.15) is 0 Å². The molecule has 0 amide bonds. The van der Waals surface area contributed by atoms with Gasteiger partial charge in [-0.05, 0) is 0 Å². The average Bonchev–Trinajstić information content (AvgIpc) is 0. The Bertz CT molecular complexity index is 4.14. The monoisotopic (exact) mass is 225 g/mol. The maximum Gasteiger partial charge on any atom is 0 e. The summed E-state index contributed by atoms with van der Waals surface area (Å²) in [6, 6.07) is 0. The second-order valence-electron chi connectivity index (χ2n) is 0. The van der Waals surface area contributed by atoms with E-state index in [1.807, 2.05) is 0 Å². The predicted molar refractivity (Wildman–Crippen MR) is 34.5 cm³/mol. The summed E-state index contributed by atoms with van der Waals surface area (Å²) in [7, 11) is 0. The average molecular weight is 224 g/mol. The Morgan fingerprint density at radius 3 is 0.286 bits per heavy atom. The van der Waals surface area contributed by atoms with E-state index in [1.165, 1.54) is 0 Å². The molecule has 0 heterocycles. The van der Waals surface area contributed by atoms with E-state index in [2.05, 4.69) is 0 Å². The number of rotatable bonds is 0. The summed E-state index contributed by atoms with van der Waals surface area (Å²) >= 11 is 0. The normalized spacial score (nSPS) is 0. The molecule has 0 aliphatic heterocycles. The first kappa shape index (κ1) is 182. The van der Waals surface area contributed by atoms with Gasteiger partial charge in [0.15, 0.2) is 0 Å². The van der Waals surface area contributed by atoms with Crippen molar-refractivity contribution in [2.24, 2.45) is 0 Å². The van der Waals surface area contributed by atoms with Crippen LogP contribution in [0.4, 0.5) is 0 Å². The van der Waals surface area contributed by atoms with Crippen LogP contribution in [0.25, 0.3) is 0 Å². The van der Waals surface area contributed by atoms with E-state index in [9.17, 15) is 0 Å². The van der Waals surface area contributed by atoms with Gasteiger partial charge in [-0.3, -0.25) is 0 Å². The standard InChI is InChI=1S/6B.Tb. The van der Waals surface area contributed by atoms with Crippen molar-refractivity contribution in [3.8, 4) is 0 Å². The molecule has 0 spiro atoms. The molecular formula is B6Tb. The molecule has 0 fully saturated rings. The topological polar surface area (TPSA) is 0 Å². The fraction of sp³-hybridized carbons (Fsp3) is 0. The summed E-state index contributed by atoms with van der Waals surface area (Å²) in [5, 5.41) is 0. The van der Waals surface area contributed by atoms with Gasteiger partial charge in [0.25, 0.3) is 0 Å². The molecule has 0 aromatic carbocycles. The van der Waals surface area contributed by atoms with Crippen LogP contribution in [0.15, 0.2) is 0 Å². The van der Waals surface area contributed by atoms with Crippen molar-refractivity contribution >= 4 is 50.5 Å². The minimum Gasteiger partial charge on any atom is 0 e. The van der Waals surface area contributed by atoms with Crippen LogP contribution in [-0.4, -0.2) is 50.5 Å². The van der Waals surface area contributed by atoms with Crippen LogP contribution < -0.4 is 0 Å². The number of hydrogen-bond donors (Lipinski definition) is 0. The molecule has 0 aromatic heterocycles. The van der Waals surface area contributed by atoms with Crippen LogP contribution in [0.5, 0.6) is 0 Å². The van der Waals surface area contributed by atoms with Gasteiger partial charge >= 0.3 is 0 Å². The van der Waals surface area contributed by atoms with Gasteiger partial charge in [0.1, 0.15) is 0 Å². The van der Waals surface area contributed by atoms with Gasteiger partial charge in [0, 0.05) is 89.1 Å². The van der Waals surface area contributed by atoms with E-state index in [0.717, 1.165) is 0 Å². The summed E-state index contributed by atoms with van der Waals surface area (Å²) < 4.78 is 0. The van der Waals surface area contributed by atoms with Gasteiger partial charge in [0.05, 0.1) is 0 Å². The van der Waals surface area contributed by atoms with Crippen LogP contribution in [0, 0.1) is 38.6 Å². The minimum absolute atomic E-state index is 0. The van der Waals surface area contributed by atoms with Crippen LogP contribution in [0.1, 0.15) is 0 Å². The molecule has 0 rings (SSSR count). The van der Waals surface area contributed by atoms with Gasteiger partial charge in [0.2, 0.25) is 0 Å². The van der Waals surface area contributed by atoms with Crippen molar-refractivity contribution < 1.29 is 38.6 Å². The Kier molecular flexibility index (Phi) is 3170. The molecule has 0 saturated heterocycles. The van der Waals surface area contributed by atoms with E-state index in [4.69, 9.17) is 0 Å². The number of hydrogen-bond acceptors (Lipinski definition) is 0. The third-order valence-corrected chi connectivity index (χ3v) is 0. The first-order chi connectivity index (χ1) is 0. The molecule has 0 bridgehead atoms. The summed E-state index contributed by atoms with van der Waals surface area (Å²) in [4.78, 5) is 0. The molecule has 0 saturated carbocycles. The van der Waals surface area contributed by atoms with Gasteiger partial charge in [-0.15, -0.1) is 0 Å². The zero-order valence-electron chi connectivity index (χ0n) is 3.80. The minimum atomic E-state index is 0. The first-order valence-corrected chi connectivity index (χ1v) is 0. The fourth-order valence-electron chi connectivity index (χ4n) is 0. The Morgan fingerprint density at radius 2 is 0.286 bits per heavy atom. The molecule has 27 valence electrons. The third-order valence-electron chi connectivity index (χ3n) is 0. The third kappa shape index (κ3) is 88.1. The molecule has 19 radical (unpaired) electrons. The summed E-state index contributed by atoms with van der Waals surface area (Å²) in [5.41, 5.74) is 0. The molecule has 0 N–H and O–H groups in total. The van der Waals surface area contributed by atoms with Crippen molar-refractivity contribution in [3.05, 3.63) is 0 Å². The molecule has 0 unspecified atom stereocenters. The fourth-order valence-corrected chi connectivity index (χ4v) is 0. The molecule has 7 heavy (non-hydrogen) atoms. The smallest absolute Gasteiger partial charge is 0 e. The van der Waals surface area contributed by atoms with Gasteiger partial charge < -0.3 is 0 Å². The zero-order chi connectivity index (χ0) is 0. The summed E-state index contributed by atoms with van der Waals surface area (Å²) in [6.07, 6.45) is 0. The van der Waals surface area contributed by atoms with Crippen molar-refractivity contribution in [3.63, 3.8) is 0 Å². The molecule has 0 nitrogen and oxygen atoms in total. The van der Waals surface area contributed by atoms with Crippen LogP contribution in [0.2, 0.25) is 0 Å². The maximum absolute atomic E-state index is 0. The molecule has 0 atom stereocenters. The van der Waals surface area contributed by atoms with Gasteiger partial charge in [-0.1, -0.05) is 0 Å². The Labute approximate surface area is 88.2 Å². The largest absolute Gasteiger partial charge is 0 e. The van der Waals surface area contributed by atoms with Crippen molar-refractivity contribution in [1.82, 2.24) is 0 Å². The Hall–Kier alpha value is 1.68. The van der Waals surface area contributed by atoms with Crippen LogP contribution >= 0.6 is 0 Å². The van der Waals surface area contributed by atoms with Crippen LogP contribution in [0.3, 0.4) is 0 Å². The molecular weight excluding hydrogens is 224 g/mol. The van der Waals surface area contributed by atoms with E-state index >= 15 is 0 Å². The SMILES string of the molecule is [B].[B].[B].[B].[B].[B].[Tb]. The molecule has 7 heteroatoms. The van der Waals surface area contributed by atoms with E-state index in [-0.39, 0.29) is 89.1 Å². The van der Waals surface area contributed by atoms with Crippen molar-refractivity contribution in [1.29, 1.82) is 0 Å². The van der Waals surface area contributed by atoms with Crippen LogP contribution in [-0.2, 0) is 0 Å². The Morgan fingerprint density at radius 1 is 0.286 bits per heavy atom. The predicted octanol–water partition coefficient (Wildman–Crippen LogP) is -2.28. The molecule has 0 aliphatic rings. The van der Waals surface area contributed by atoms with E-state index in [1.54, 1.807) is 0 Å². The van der Waals surface area contributed by atoms with Gasteiger partial charge in [-0.25, -0.2) is 0 Å². The molecule has 0 aliphatic carbocycles. The first-order valence-electron chi connectivity index (χ1n) is 0. The zero-order valence-corrected chi connectivity index (χ0v) is 5.94. The second-order valence-corrected chi connectivity index (χ2v) is 0.